The lowest BCUT2D eigenvalue weighted by atomic mass is 9.90. The molecule has 0 saturated carbocycles. The predicted octanol–water partition coefficient (Wildman–Crippen LogP) is 1.18. The smallest absolute Gasteiger partial charge is 0.00253 e. The van der Waals surface area contributed by atoms with Crippen LogP contribution in [-0.2, 0) is 0 Å². The molecule has 0 aromatic rings. The molecule has 0 amide bonds. The van der Waals surface area contributed by atoms with Crippen molar-refractivity contribution in [3.05, 3.63) is 6.92 Å². The molecule has 1 radical (unpaired) electrons. The molecule has 3 N–H and O–H groups in total. The lowest BCUT2D eigenvalue weighted by Crippen LogP contribution is -2.28. The fourth-order valence-electron chi connectivity index (χ4n) is 0.779. The molecule has 11 heavy (non-hydrogen) atoms. The maximum absolute atomic E-state index is 5.58. The summed E-state index contributed by atoms with van der Waals surface area (Å²) in [5.74, 6) is 0. The summed E-state index contributed by atoms with van der Waals surface area (Å²) in [6.45, 7) is 11.0. The molecular formula is C9H21N2. The molecule has 0 aromatic carbocycles. The van der Waals surface area contributed by atoms with Crippen LogP contribution < -0.4 is 11.1 Å². The van der Waals surface area contributed by atoms with Gasteiger partial charge in [-0.3, -0.25) is 0 Å². The van der Waals surface area contributed by atoms with E-state index in [-0.39, 0.29) is 5.41 Å². The lowest BCUT2D eigenvalue weighted by molar-refractivity contribution is 0.340. The van der Waals surface area contributed by atoms with Gasteiger partial charge in [0, 0.05) is 0 Å². The average molecular weight is 157 g/mol. The van der Waals surface area contributed by atoms with Crippen LogP contribution in [0.4, 0.5) is 0 Å². The topological polar surface area (TPSA) is 38.0 Å². The summed E-state index contributed by atoms with van der Waals surface area (Å²) in [7, 11) is 0. The first-order chi connectivity index (χ1) is 5.12. The van der Waals surface area contributed by atoms with Crippen LogP contribution >= 0.6 is 0 Å². The Hall–Kier alpha value is -0.0800. The molecule has 0 aliphatic rings. The quantitative estimate of drug-likeness (QED) is 0.568. The largest absolute Gasteiger partial charge is 0.330 e. The van der Waals surface area contributed by atoms with Crippen molar-refractivity contribution < 1.29 is 0 Å². The van der Waals surface area contributed by atoms with E-state index in [4.69, 9.17) is 5.73 Å². The molecule has 0 aromatic heterocycles. The number of nitrogens with two attached hydrogens (primary N) is 1. The van der Waals surface area contributed by atoms with Crippen LogP contribution in [0.25, 0.3) is 0 Å². The minimum Gasteiger partial charge on any atom is -0.330 e. The third-order valence-electron chi connectivity index (χ3n) is 1.88. The van der Waals surface area contributed by atoms with E-state index in [1.807, 2.05) is 0 Å². The molecule has 0 bridgehead atoms. The highest BCUT2D eigenvalue weighted by Gasteiger charge is 2.13. The van der Waals surface area contributed by atoms with Gasteiger partial charge in [-0.25, -0.2) is 0 Å². The molecule has 2 heteroatoms. The summed E-state index contributed by atoms with van der Waals surface area (Å²) in [6.07, 6.45) is 2.10. The van der Waals surface area contributed by atoms with E-state index in [1.165, 1.54) is 0 Å². The van der Waals surface area contributed by atoms with E-state index >= 15 is 0 Å². The third-order valence-corrected chi connectivity index (χ3v) is 1.88. The Morgan fingerprint density at radius 2 is 2.00 bits per heavy atom. The van der Waals surface area contributed by atoms with Gasteiger partial charge in [0.1, 0.15) is 0 Å². The average Bonchev–Trinajstić information content (AvgIpc) is 1.99. The highest BCUT2D eigenvalue weighted by molar-refractivity contribution is 4.70. The zero-order chi connectivity index (χ0) is 8.74. The Labute approximate surface area is 70.5 Å². The second-order valence-electron chi connectivity index (χ2n) is 3.72. The van der Waals surface area contributed by atoms with Crippen molar-refractivity contribution in [2.75, 3.05) is 19.6 Å². The van der Waals surface area contributed by atoms with Crippen LogP contribution in [-0.4, -0.2) is 19.6 Å². The lowest BCUT2D eigenvalue weighted by Gasteiger charge is -2.22. The Morgan fingerprint density at radius 3 is 2.45 bits per heavy atom. The molecular weight excluding hydrogens is 136 g/mol. The van der Waals surface area contributed by atoms with Gasteiger partial charge in [0.2, 0.25) is 0 Å². The molecule has 2 nitrogen and oxygen atoms in total. The fourth-order valence-corrected chi connectivity index (χ4v) is 0.779. The van der Waals surface area contributed by atoms with Crippen LogP contribution in [0.15, 0.2) is 0 Å². The van der Waals surface area contributed by atoms with Crippen LogP contribution in [0.3, 0.4) is 0 Å². The maximum Gasteiger partial charge on any atom is -0.00253 e. The first-order valence-corrected chi connectivity index (χ1v) is 4.32. The number of nitrogens with one attached hydrogen (secondary N) is 1. The molecule has 0 rings (SSSR count). The summed E-state index contributed by atoms with van der Waals surface area (Å²) in [5.41, 5.74) is 5.87. The molecule has 0 aliphatic carbocycles. The molecule has 0 atom stereocenters. The van der Waals surface area contributed by atoms with Crippen molar-refractivity contribution in [2.24, 2.45) is 11.1 Å². The first-order valence-electron chi connectivity index (χ1n) is 4.32. The number of rotatable bonds is 6. The van der Waals surface area contributed by atoms with E-state index in [9.17, 15) is 0 Å². The highest BCUT2D eigenvalue weighted by Crippen LogP contribution is 2.16. The van der Waals surface area contributed by atoms with Crippen molar-refractivity contribution in [3.63, 3.8) is 0 Å². The van der Waals surface area contributed by atoms with Gasteiger partial charge in [-0.2, -0.15) is 0 Å². The summed E-state index contributed by atoms with van der Waals surface area (Å²) in [4.78, 5) is 0. The molecule has 0 aliphatic heterocycles. The summed E-state index contributed by atoms with van der Waals surface area (Å²) in [5, 5.41) is 3.31. The zero-order valence-electron chi connectivity index (χ0n) is 7.82. The maximum atomic E-state index is 5.58. The Bertz CT molecular complexity index is 89.6. The van der Waals surface area contributed by atoms with Crippen molar-refractivity contribution >= 4 is 0 Å². The van der Waals surface area contributed by atoms with Crippen molar-refractivity contribution in [3.8, 4) is 0 Å². The normalized spacial score (nSPS) is 12.0. The van der Waals surface area contributed by atoms with Crippen molar-refractivity contribution in [1.29, 1.82) is 0 Å². The van der Waals surface area contributed by atoms with E-state index in [1.54, 1.807) is 0 Å². The van der Waals surface area contributed by atoms with Crippen LogP contribution in [0.2, 0.25) is 0 Å². The standard InChI is InChI=1S/C9H21N2/c1-4-6-11-7-5-9(2,3)8-10/h11H,1,4-8,10H2,2-3H3. The van der Waals surface area contributed by atoms with E-state index in [2.05, 4.69) is 26.1 Å². The van der Waals surface area contributed by atoms with Crippen molar-refractivity contribution in [2.45, 2.75) is 26.7 Å². The minimum atomic E-state index is 0.286. The van der Waals surface area contributed by atoms with Crippen LogP contribution in [0, 0.1) is 12.3 Å². The van der Waals surface area contributed by atoms with E-state index in [0.29, 0.717) is 0 Å². The van der Waals surface area contributed by atoms with E-state index in [0.717, 1.165) is 32.5 Å². The molecule has 0 heterocycles. The molecule has 0 saturated heterocycles. The Kier molecular flexibility index (Phi) is 5.51. The van der Waals surface area contributed by atoms with Gasteiger partial charge in [-0.1, -0.05) is 20.8 Å². The summed E-state index contributed by atoms with van der Waals surface area (Å²) in [6, 6.07) is 0. The minimum absolute atomic E-state index is 0.286. The van der Waals surface area contributed by atoms with Crippen molar-refractivity contribution in [1.82, 2.24) is 5.32 Å². The summed E-state index contributed by atoms with van der Waals surface area (Å²) >= 11 is 0. The van der Waals surface area contributed by atoms with Gasteiger partial charge in [0.15, 0.2) is 0 Å². The van der Waals surface area contributed by atoms with Gasteiger partial charge < -0.3 is 11.1 Å². The predicted molar refractivity (Wildman–Crippen MR) is 50.3 cm³/mol. The number of hydrogen-bond acceptors (Lipinski definition) is 2. The van der Waals surface area contributed by atoms with Gasteiger partial charge in [-0.05, 0) is 37.9 Å². The molecule has 0 fully saturated rings. The molecule has 0 spiro atoms. The highest BCUT2D eigenvalue weighted by atomic mass is 14.8. The summed E-state index contributed by atoms with van der Waals surface area (Å²) < 4.78 is 0. The second-order valence-corrected chi connectivity index (χ2v) is 3.72. The second kappa shape index (κ2) is 5.56. The molecule has 0 unspecified atom stereocenters. The fraction of sp³-hybridized carbons (Fsp3) is 0.889. The third kappa shape index (κ3) is 6.32. The van der Waals surface area contributed by atoms with Crippen LogP contribution in [0.1, 0.15) is 26.7 Å². The number of hydrogen-bond donors (Lipinski definition) is 2. The Balaban J connectivity index is 3.23. The van der Waals surface area contributed by atoms with E-state index < -0.39 is 0 Å². The van der Waals surface area contributed by atoms with Crippen LogP contribution in [0.5, 0.6) is 0 Å². The van der Waals surface area contributed by atoms with Gasteiger partial charge >= 0.3 is 0 Å². The monoisotopic (exact) mass is 157 g/mol. The Morgan fingerprint density at radius 1 is 1.36 bits per heavy atom. The molecule has 67 valence electrons. The van der Waals surface area contributed by atoms with Gasteiger partial charge in [-0.15, -0.1) is 0 Å². The zero-order valence-corrected chi connectivity index (χ0v) is 7.82. The SMILES string of the molecule is [CH2]CCNCCC(C)(C)CN. The first kappa shape index (κ1) is 10.9. The van der Waals surface area contributed by atoms with Gasteiger partial charge in [0.05, 0.1) is 0 Å². The van der Waals surface area contributed by atoms with Gasteiger partial charge in [0.25, 0.3) is 0 Å².